The van der Waals surface area contributed by atoms with Gasteiger partial charge in [0, 0.05) is 19.3 Å². The van der Waals surface area contributed by atoms with Gasteiger partial charge in [-0.2, -0.15) is 0 Å². The minimum atomic E-state index is -0.812. The van der Waals surface area contributed by atoms with E-state index in [-0.39, 0.29) is 37.5 Å². The third-order valence-electron chi connectivity index (χ3n) is 11.8. The van der Waals surface area contributed by atoms with E-state index in [0.717, 1.165) is 103 Å². The smallest absolute Gasteiger partial charge is 0.306 e. The summed E-state index contributed by atoms with van der Waals surface area (Å²) in [4.78, 5) is 38.1. The first-order chi connectivity index (χ1) is 33.5. The van der Waals surface area contributed by atoms with Gasteiger partial charge >= 0.3 is 17.9 Å². The van der Waals surface area contributed by atoms with E-state index in [1.807, 2.05) is 0 Å². The van der Waals surface area contributed by atoms with Crippen LogP contribution >= 0.6 is 0 Å². The van der Waals surface area contributed by atoms with Gasteiger partial charge in [0.25, 0.3) is 0 Å². The molecule has 0 radical (unpaired) electrons. The Morgan fingerprint density at radius 2 is 0.588 bits per heavy atom. The van der Waals surface area contributed by atoms with E-state index in [0.29, 0.717) is 19.3 Å². The van der Waals surface area contributed by atoms with Crippen LogP contribution in [0.15, 0.2) is 97.2 Å². The van der Waals surface area contributed by atoms with E-state index in [1.165, 1.54) is 109 Å². The summed E-state index contributed by atoms with van der Waals surface area (Å²) in [7, 11) is 0. The molecule has 0 N–H and O–H groups in total. The summed E-state index contributed by atoms with van der Waals surface area (Å²) in [5.41, 5.74) is 0. The minimum Gasteiger partial charge on any atom is -0.462 e. The van der Waals surface area contributed by atoms with E-state index in [4.69, 9.17) is 14.2 Å². The molecule has 0 aromatic heterocycles. The quantitative estimate of drug-likeness (QED) is 0.0262. The molecule has 0 aromatic carbocycles. The van der Waals surface area contributed by atoms with E-state index in [1.54, 1.807) is 0 Å². The van der Waals surface area contributed by atoms with Crippen molar-refractivity contribution in [3.63, 3.8) is 0 Å². The molecule has 0 fully saturated rings. The van der Waals surface area contributed by atoms with Gasteiger partial charge < -0.3 is 14.2 Å². The Bertz CT molecular complexity index is 1360. The highest BCUT2D eigenvalue weighted by atomic mass is 16.6. The van der Waals surface area contributed by atoms with Crippen LogP contribution in [0.2, 0.25) is 0 Å². The van der Waals surface area contributed by atoms with Gasteiger partial charge in [-0.15, -0.1) is 0 Å². The van der Waals surface area contributed by atoms with Crippen LogP contribution in [-0.2, 0) is 28.6 Å². The highest BCUT2D eigenvalue weighted by Crippen LogP contribution is 2.14. The molecule has 6 heteroatoms. The number of carbonyl (C=O) groups excluding carboxylic acids is 3. The molecule has 0 rings (SSSR count). The van der Waals surface area contributed by atoms with Crippen molar-refractivity contribution in [1.29, 1.82) is 0 Å². The summed E-state index contributed by atoms with van der Waals surface area (Å²) in [5.74, 6) is -0.974. The minimum absolute atomic E-state index is 0.103. The fraction of sp³-hybridized carbons (Fsp3) is 0.694. The number of unbranched alkanes of at least 4 members (excludes halogenated alkanes) is 23. The largest absolute Gasteiger partial charge is 0.462 e. The number of carbonyl (C=O) groups is 3. The number of rotatable bonds is 50. The molecule has 0 aliphatic heterocycles. The van der Waals surface area contributed by atoms with Gasteiger partial charge in [-0.25, -0.2) is 0 Å². The van der Waals surface area contributed by atoms with Crippen LogP contribution in [0.3, 0.4) is 0 Å². The van der Waals surface area contributed by atoms with Gasteiger partial charge in [-0.1, -0.05) is 240 Å². The second-order valence-electron chi connectivity index (χ2n) is 18.5. The van der Waals surface area contributed by atoms with Crippen LogP contribution in [0.25, 0.3) is 0 Å². The average Bonchev–Trinajstić information content (AvgIpc) is 3.34. The molecule has 1 unspecified atom stereocenters. The molecule has 388 valence electrons. The van der Waals surface area contributed by atoms with Gasteiger partial charge in [-0.3, -0.25) is 14.4 Å². The summed E-state index contributed by atoms with van der Waals surface area (Å²) in [5, 5.41) is 0. The number of ether oxygens (including phenoxy) is 3. The Balaban J connectivity index is 4.46. The maximum absolute atomic E-state index is 12.8. The molecule has 0 aromatic rings. The summed E-state index contributed by atoms with van der Waals surface area (Å²) in [6.45, 7) is 6.46. The molecule has 1 atom stereocenters. The van der Waals surface area contributed by atoms with E-state index >= 15 is 0 Å². The first-order valence-corrected chi connectivity index (χ1v) is 28.2. The number of hydrogen-bond acceptors (Lipinski definition) is 6. The molecular weight excluding hydrogens is 841 g/mol. The average molecular weight is 946 g/mol. The molecule has 0 spiro atoms. The first-order valence-electron chi connectivity index (χ1n) is 28.2. The van der Waals surface area contributed by atoms with Crippen molar-refractivity contribution in [1.82, 2.24) is 0 Å². The lowest BCUT2D eigenvalue weighted by Gasteiger charge is -2.18. The zero-order chi connectivity index (χ0) is 49.3. The van der Waals surface area contributed by atoms with Crippen molar-refractivity contribution in [3.8, 4) is 0 Å². The summed E-state index contributed by atoms with van der Waals surface area (Å²) >= 11 is 0. The van der Waals surface area contributed by atoms with Crippen LogP contribution in [0.5, 0.6) is 0 Å². The lowest BCUT2D eigenvalue weighted by molar-refractivity contribution is -0.167. The Hall–Kier alpha value is -3.67. The Labute approximate surface area is 419 Å². The molecule has 0 aliphatic rings. The van der Waals surface area contributed by atoms with Gasteiger partial charge in [0.15, 0.2) is 6.10 Å². The zero-order valence-electron chi connectivity index (χ0n) is 44.3. The van der Waals surface area contributed by atoms with E-state index in [2.05, 4.69) is 118 Å². The van der Waals surface area contributed by atoms with Crippen molar-refractivity contribution >= 4 is 17.9 Å². The second-order valence-corrected chi connectivity index (χ2v) is 18.5. The SMILES string of the molecule is CC/C=C\C/C=C\C/C=C\C/C=C\C/C=C\CCCC(=O)OC(COC(=O)CCCCCCCC/C=C\C/C=C\C/C=C\CCCCCCC)COC(=O)CCCCCCCCCCCCCC. The van der Waals surface area contributed by atoms with Crippen molar-refractivity contribution in [3.05, 3.63) is 97.2 Å². The predicted molar refractivity (Wildman–Crippen MR) is 293 cm³/mol. The van der Waals surface area contributed by atoms with Gasteiger partial charge in [0.05, 0.1) is 0 Å². The van der Waals surface area contributed by atoms with Crippen molar-refractivity contribution in [2.75, 3.05) is 13.2 Å². The molecule has 0 heterocycles. The molecule has 68 heavy (non-hydrogen) atoms. The molecule has 0 bridgehead atoms. The standard InChI is InChI=1S/C62H104O6/c1-4-7-10-13-16-19-22-25-27-29-30-31-32-34-35-37-40-43-46-49-52-55-61(64)67-58-59(57-66-60(63)54-51-48-45-42-39-24-21-18-15-12-9-6-3)68-62(65)56-53-50-47-44-41-38-36-33-28-26-23-20-17-14-11-8-5-2/h8,11,17,20,22,25-26,28-30,32,34,36,38,44,47,59H,4-7,9-10,12-16,18-19,21,23-24,27,31,33,35,37,39-43,45-46,48-58H2,1-3H3/b11-8-,20-17-,25-22-,28-26-,30-29-,34-32-,38-36-,47-44-. The molecule has 0 saturated carbocycles. The van der Waals surface area contributed by atoms with Crippen molar-refractivity contribution in [2.45, 2.75) is 264 Å². The topological polar surface area (TPSA) is 78.9 Å². The highest BCUT2D eigenvalue weighted by molar-refractivity contribution is 5.71. The Morgan fingerprint density at radius 3 is 0.941 bits per heavy atom. The predicted octanol–water partition coefficient (Wildman–Crippen LogP) is 18.9. The van der Waals surface area contributed by atoms with Crippen LogP contribution in [0, 0.1) is 0 Å². The van der Waals surface area contributed by atoms with Gasteiger partial charge in [-0.05, 0) is 96.3 Å². The molecule has 0 amide bonds. The fourth-order valence-electron chi connectivity index (χ4n) is 7.60. The monoisotopic (exact) mass is 945 g/mol. The number of hydrogen-bond donors (Lipinski definition) is 0. The molecule has 6 nitrogen and oxygen atoms in total. The van der Waals surface area contributed by atoms with Crippen LogP contribution in [-0.4, -0.2) is 37.2 Å². The summed E-state index contributed by atoms with van der Waals surface area (Å²) < 4.78 is 16.8. The third kappa shape index (κ3) is 53.3. The van der Waals surface area contributed by atoms with Crippen molar-refractivity contribution < 1.29 is 28.6 Å². The van der Waals surface area contributed by atoms with Crippen LogP contribution in [0.1, 0.15) is 258 Å². The fourth-order valence-corrected chi connectivity index (χ4v) is 7.60. The maximum Gasteiger partial charge on any atom is 0.306 e. The van der Waals surface area contributed by atoms with E-state index in [9.17, 15) is 14.4 Å². The van der Waals surface area contributed by atoms with Crippen LogP contribution < -0.4 is 0 Å². The van der Waals surface area contributed by atoms with Crippen molar-refractivity contribution in [2.24, 2.45) is 0 Å². The summed E-state index contributed by atoms with van der Waals surface area (Å²) in [6.07, 6.45) is 74.0. The summed E-state index contributed by atoms with van der Waals surface area (Å²) in [6, 6.07) is 0. The number of allylic oxidation sites excluding steroid dienone is 16. The molecule has 0 aliphatic carbocycles. The van der Waals surface area contributed by atoms with Gasteiger partial charge in [0.1, 0.15) is 13.2 Å². The Morgan fingerprint density at radius 1 is 0.309 bits per heavy atom. The van der Waals surface area contributed by atoms with E-state index < -0.39 is 6.10 Å². The second kappa shape index (κ2) is 55.9. The molecular formula is C62H104O6. The number of esters is 3. The lowest BCUT2D eigenvalue weighted by atomic mass is 10.0. The lowest BCUT2D eigenvalue weighted by Crippen LogP contribution is -2.30. The van der Waals surface area contributed by atoms with Gasteiger partial charge in [0.2, 0.25) is 0 Å². The maximum atomic E-state index is 12.8. The normalized spacial score (nSPS) is 12.8. The highest BCUT2D eigenvalue weighted by Gasteiger charge is 2.19. The Kier molecular flexibility index (Phi) is 52.9. The third-order valence-corrected chi connectivity index (χ3v) is 11.8. The first kappa shape index (κ1) is 64.3. The molecule has 0 saturated heterocycles. The van der Waals surface area contributed by atoms with Crippen LogP contribution in [0.4, 0.5) is 0 Å². The zero-order valence-corrected chi connectivity index (χ0v) is 44.3.